The summed E-state index contributed by atoms with van der Waals surface area (Å²) < 4.78 is 33.2. The van der Waals surface area contributed by atoms with Crippen LogP contribution in [0.5, 0.6) is 5.75 Å². The maximum absolute atomic E-state index is 12.6. The van der Waals surface area contributed by atoms with Crippen molar-refractivity contribution in [3.8, 4) is 5.75 Å². The summed E-state index contributed by atoms with van der Waals surface area (Å²) in [6.07, 6.45) is 3.45. The smallest absolute Gasteiger partial charge is 0.243 e. The lowest BCUT2D eigenvalue weighted by molar-refractivity contribution is 0.411. The summed E-state index contributed by atoms with van der Waals surface area (Å²) in [6, 6.07) is 4.84. The number of aryl methyl sites for hydroxylation is 2. The van der Waals surface area contributed by atoms with Gasteiger partial charge in [-0.05, 0) is 30.7 Å². The van der Waals surface area contributed by atoms with E-state index in [-0.39, 0.29) is 11.4 Å². The first-order chi connectivity index (χ1) is 9.84. The Balaban J connectivity index is 2.26. The van der Waals surface area contributed by atoms with Gasteiger partial charge in [-0.1, -0.05) is 0 Å². The van der Waals surface area contributed by atoms with E-state index < -0.39 is 10.0 Å². The fourth-order valence-corrected chi connectivity index (χ4v) is 3.33. The molecule has 0 bridgehead atoms. The molecule has 1 heterocycles. The summed E-state index contributed by atoms with van der Waals surface area (Å²) in [5.74, 6) is 0.670. The predicted octanol–water partition coefficient (Wildman–Crippen LogP) is 1.56. The Bertz CT molecular complexity index is 738. The van der Waals surface area contributed by atoms with Crippen LogP contribution in [0.25, 0.3) is 0 Å². The van der Waals surface area contributed by atoms with Gasteiger partial charge in [0.1, 0.15) is 5.75 Å². The van der Waals surface area contributed by atoms with E-state index in [9.17, 15) is 8.42 Å². The number of rotatable bonds is 5. The van der Waals surface area contributed by atoms with Crippen LogP contribution in [0.15, 0.2) is 35.5 Å². The van der Waals surface area contributed by atoms with Gasteiger partial charge in [0.25, 0.3) is 0 Å². The summed E-state index contributed by atoms with van der Waals surface area (Å²) in [5, 5.41) is 4.04. The maximum Gasteiger partial charge on any atom is 0.243 e. The lowest BCUT2D eigenvalue weighted by Crippen LogP contribution is -2.26. The second-order valence-electron chi connectivity index (χ2n) is 4.91. The van der Waals surface area contributed by atoms with Crippen LogP contribution in [0.2, 0.25) is 0 Å². The van der Waals surface area contributed by atoms with Crippen LogP contribution in [0.4, 0.5) is 0 Å². The normalized spacial score (nSPS) is 11.9. The highest BCUT2D eigenvalue weighted by atomic mass is 32.2. The Morgan fingerprint density at radius 1 is 1.38 bits per heavy atom. The Kier molecular flexibility index (Phi) is 4.34. The molecule has 7 heteroatoms. The zero-order valence-electron chi connectivity index (χ0n) is 12.6. The monoisotopic (exact) mass is 309 g/mol. The van der Waals surface area contributed by atoms with Crippen LogP contribution >= 0.6 is 0 Å². The fourth-order valence-electron chi connectivity index (χ4n) is 2.09. The molecule has 1 aromatic carbocycles. The van der Waals surface area contributed by atoms with E-state index in [1.54, 1.807) is 56.5 Å². The number of nitrogens with zero attached hydrogens (tertiary/aromatic N) is 3. The highest BCUT2D eigenvalue weighted by Crippen LogP contribution is 2.23. The zero-order valence-corrected chi connectivity index (χ0v) is 13.4. The van der Waals surface area contributed by atoms with Gasteiger partial charge in [-0.15, -0.1) is 0 Å². The Labute approximate surface area is 125 Å². The molecule has 0 aliphatic carbocycles. The average Bonchev–Trinajstić information content (AvgIpc) is 2.83. The van der Waals surface area contributed by atoms with Crippen LogP contribution in [0.3, 0.4) is 0 Å². The molecule has 0 saturated carbocycles. The van der Waals surface area contributed by atoms with Gasteiger partial charge >= 0.3 is 0 Å². The molecule has 0 fully saturated rings. The molecule has 0 saturated heterocycles. The molecule has 0 aliphatic rings. The van der Waals surface area contributed by atoms with Crippen molar-refractivity contribution < 1.29 is 13.2 Å². The van der Waals surface area contributed by atoms with Gasteiger partial charge in [0.15, 0.2) is 0 Å². The van der Waals surface area contributed by atoms with Gasteiger partial charge in [0.05, 0.1) is 18.2 Å². The molecule has 0 aliphatic heterocycles. The van der Waals surface area contributed by atoms with Crippen molar-refractivity contribution in [2.24, 2.45) is 7.05 Å². The van der Waals surface area contributed by atoms with Crippen molar-refractivity contribution in [2.75, 3.05) is 14.2 Å². The van der Waals surface area contributed by atoms with E-state index in [2.05, 4.69) is 5.10 Å². The first-order valence-electron chi connectivity index (χ1n) is 6.43. The number of methoxy groups -OCH3 is 1. The highest BCUT2D eigenvalue weighted by Gasteiger charge is 2.22. The highest BCUT2D eigenvalue weighted by molar-refractivity contribution is 7.89. The third-order valence-corrected chi connectivity index (χ3v) is 5.04. The van der Waals surface area contributed by atoms with Crippen molar-refractivity contribution in [1.29, 1.82) is 0 Å². The summed E-state index contributed by atoms with van der Waals surface area (Å²) in [4.78, 5) is 0.257. The predicted molar refractivity (Wildman–Crippen MR) is 79.6 cm³/mol. The van der Waals surface area contributed by atoms with Gasteiger partial charge in [0, 0.05) is 32.4 Å². The van der Waals surface area contributed by atoms with Gasteiger partial charge < -0.3 is 4.74 Å². The van der Waals surface area contributed by atoms with Crippen LogP contribution in [-0.2, 0) is 23.6 Å². The molecule has 0 amide bonds. The van der Waals surface area contributed by atoms with E-state index in [0.29, 0.717) is 5.75 Å². The van der Waals surface area contributed by atoms with E-state index in [1.807, 2.05) is 6.92 Å². The molecular formula is C14H19N3O3S. The number of hydrogen-bond acceptors (Lipinski definition) is 4. The average molecular weight is 309 g/mol. The van der Waals surface area contributed by atoms with Crippen molar-refractivity contribution in [3.63, 3.8) is 0 Å². The Hall–Kier alpha value is -1.86. The second kappa shape index (κ2) is 5.87. The van der Waals surface area contributed by atoms with Gasteiger partial charge in [-0.2, -0.15) is 9.40 Å². The van der Waals surface area contributed by atoms with Crippen molar-refractivity contribution in [2.45, 2.75) is 18.4 Å². The first kappa shape index (κ1) is 15.5. The lowest BCUT2D eigenvalue weighted by atomic mass is 10.2. The van der Waals surface area contributed by atoms with Gasteiger partial charge in [-0.3, -0.25) is 4.68 Å². The molecule has 6 nitrogen and oxygen atoms in total. The summed E-state index contributed by atoms with van der Waals surface area (Å²) in [6.45, 7) is 2.10. The number of ether oxygens (including phenoxy) is 1. The lowest BCUT2D eigenvalue weighted by Gasteiger charge is -2.17. The largest absolute Gasteiger partial charge is 0.496 e. The van der Waals surface area contributed by atoms with E-state index >= 15 is 0 Å². The molecule has 2 aromatic rings. The summed E-state index contributed by atoms with van der Waals surface area (Å²) in [5.41, 5.74) is 1.63. The molecule has 0 N–H and O–H groups in total. The van der Waals surface area contributed by atoms with E-state index in [4.69, 9.17) is 4.74 Å². The molecule has 0 unspecified atom stereocenters. The molecule has 114 valence electrons. The summed E-state index contributed by atoms with van der Waals surface area (Å²) >= 11 is 0. The van der Waals surface area contributed by atoms with Gasteiger partial charge in [0.2, 0.25) is 10.0 Å². The standard InChI is InChI=1S/C14H19N3O3S/c1-11-7-13(5-6-14(11)20-4)21(18,19)17(3)10-12-8-15-16(2)9-12/h5-9H,10H2,1-4H3. The van der Waals surface area contributed by atoms with Crippen molar-refractivity contribution >= 4 is 10.0 Å². The third kappa shape index (κ3) is 3.25. The molecule has 0 atom stereocenters. The molecular weight excluding hydrogens is 290 g/mol. The number of benzene rings is 1. The summed E-state index contributed by atoms with van der Waals surface area (Å²) in [7, 11) is 1.38. The van der Waals surface area contributed by atoms with Crippen LogP contribution in [-0.4, -0.2) is 36.7 Å². The van der Waals surface area contributed by atoms with E-state index in [0.717, 1.165) is 11.1 Å². The fraction of sp³-hybridized carbons (Fsp3) is 0.357. The topological polar surface area (TPSA) is 64.4 Å². The van der Waals surface area contributed by atoms with Crippen LogP contribution < -0.4 is 4.74 Å². The zero-order chi connectivity index (χ0) is 15.6. The van der Waals surface area contributed by atoms with Crippen LogP contribution in [0.1, 0.15) is 11.1 Å². The number of aromatic nitrogens is 2. The minimum atomic E-state index is -3.53. The third-order valence-electron chi connectivity index (χ3n) is 3.24. The van der Waals surface area contributed by atoms with Crippen molar-refractivity contribution in [1.82, 2.24) is 14.1 Å². The first-order valence-corrected chi connectivity index (χ1v) is 7.87. The quantitative estimate of drug-likeness (QED) is 0.841. The molecule has 21 heavy (non-hydrogen) atoms. The Morgan fingerprint density at radius 3 is 2.62 bits per heavy atom. The molecule has 2 rings (SSSR count). The van der Waals surface area contributed by atoms with Crippen molar-refractivity contribution in [3.05, 3.63) is 41.7 Å². The molecule has 0 radical (unpaired) electrons. The maximum atomic E-state index is 12.6. The minimum absolute atomic E-state index is 0.257. The SMILES string of the molecule is COc1ccc(S(=O)(=O)N(C)Cc2cnn(C)c2)cc1C. The molecule has 1 aromatic heterocycles. The van der Waals surface area contributed by atoms with Crippen LogP contribution in [0, 0.1) is 6.92 Å². The van der Waals surface area contributed by atoms with Gasteiger partial charge in [-0.25, -0.2) is 8.42 Å². The number of hydrogen-bond donors (Lipinski definition) is 0. The Morgan fingerprint density at radius 2 is 2.10 bits per heavy atom. The minimum Gasteiger partial charge on any atom is -0.496 e. The second-order valence-corrected chi connectivity index (χ2v) is 6.96. The number of sulfonamides is 1. The van der Waals surface area contributed by atoms with E-state index in [1.165, 1.54) is 4.31 Å². The molecule has 0 spiro atoms.